The van der Waals surface area contributed by atoms with E-state index in [1.165, 1.54) is 19.4 Å². The first-order valence-electron chi connectivity index (χ1n) is 6.77. The van der Waals surface area contributed by atoms with Crippen LogP contribution in [0.15, 0.2) is 36.5 Å². The maximum absolute atomic E-state index is 12.1. The van der Waals surface area contributed by atoms with Crippen molar-refractivity contribution < 1.29 is 14.3 Å². The van der Waals surface area contributed by atoms with Crippen LogP contribution < -0.4 is 5.32 Å². The molecule has 0 aliphatic rings. The molecule has 0 saturated heterocycles. The number of aryl methyl sites for hydroxylation is 1. The Morgan fingerprint density at radius 2 is 1.91 bits per heavy atom. The number of rotatable bonds is 5. The molecule has 1 aromatic carbocycles. The predicted molar refractivity (Wildman–Crippen MR) is 89.0 cm³/mol. The van der Waals surface area contributed by atoms with Crippen molar-refractivity contribution in [3.05, 3.63) is 57.8 Å². The number of ether oxygens (including phenoxy) is 1. The lowest BCUT2D eigenvalue weighted by atomic mass is 10.1. The minimum atomic E-state index is -0.374. The van der Waals surface area contributed by atoms with Gasteiger partial charge in [0.1, 0.15) is 5.15 Å². The molecule has 0 aliphatic carbocycles. The molecule has 0 fully saturated rings. The van der Waals surface area contributed by atoms with Gasteiger partial charge in [-0.05, 0) is 30.2 Å². The molecule has 7 heteroatoms. The smallest absolute Gasteiger partial charge is 0.305 e. The summed E-state index contributed by atoms with van der Waals surface area (Å²) in [4.78, 5) is 27.1. The molecule has 5 nitrogen and oxygen atoms in total. The van der Waals surface area contributed by atoms with Gasteiger partial charge in [0.05, 0.1) is 17.7 Å². The van der Waals surface area contributed by atoms with Crippen LogP contribution in [0.3, 0.4) is 0 Å². The third-order valence-corrected chi connectivity index (χ3v) is 3.64. The third-order valence-electron chi connectivity index (χ3n) is 3.12. The van der Waals surface area contributed by atoms with Crippen molar-refractivity contribution >= 4 is 40.8 Å². The molecule has 0 atom stereocenters. The number of amides is 1. The van der Waals surface area contributed by atoms with Gasteiger partial charge < -0.3 is 10.1 Å². The number of esters is 1. The van der Waals surface area contributed by atoms with Crippen LogP contribution in [0.25, 0.3) is 0 Å². The van der Waals surface area contributed by atoms with Gasteiger partial charge in [0, 0.05) is 18.3 Å². The molecule has 0 radical (unpaired) electrons. The summed E-state index contributed by atoms with van der Waals surface area (Å²) in [7, 11) is 1.36. The number of anilines is 1. The quantitative estimate of drug-likeness (QED) is 0.657. The lowest BCUT2D eigenvalue weighted by Gasteiger charge is -2.07. The van der Waals surface area contributed by atoms with E-state index in [0.29, 0.717) is 18.5 Å². The third kappa shape index (κ3) is 4.94. The van der Waals surface area contributed by atoms with Crippen LogP contribution in [0.2, 0.25) is 10.2 Å². The summed E-state index contributed by atoms with van der Waals surface area (Å²) < 4.78 is 4.59. The fraction of sp³-hybridized carbons (Fsp3) is 0.188. The van der Waals surface area contributed by atoms with Gasteiger partial charge in [0.25, 0.3) is 5.91 Å². The summed E-state index contributed by atoms with van der Waals surface area (Å²) >= 11 is 11.7. The first-order valence-corrected chi connectivity index (χ1v) is 7.53. The normalized spacial score (nSPS) is 10.2. The van der Waals surface area contributed by atoms with Gasteiger partial charge in [-0.3, -0.25) is 9.59 Å². The largest absolute Gasteiger partial charge is 0.469 e. The number of pyridine rings is 1. The topological polar surface area (TPSA) is 68.3 Å². The molecular formula is C16H14Cl2N2O3. The van der Waals surface area contributed by atoms with Gasteiger partial charge in [0.15, 0.2) is 0 Å². The van der Waals surface area contributed by atoms with Crippen LogP contribution in [-0.2, 0) is 16.0 Å². The fourth-order valence-electron chi connectivity index (χ4n) is 1.88. The SMILES string of the molecule is COC(=O)CCc1ccc(NC(=O)c2cnc(Cl)cc2Cl)cc1. The maximum Gasteiger partial charge on any atom is 0.305 e. The number of carbonyl (C=O) groups is 2. The van der Waals surface area contributed by atoms with E-state index in [-0.39, 0.29) is 27.6 Å². The second-order valence-electron chi connectivity index (χ2n) is 4.71. The number of methoxy groups -OCH3 is 1. The van der Waals surface area contributed by atoms with Gasteiger partial charge >= 0.3 is 5.97 Å². The van der Waals surface area contributed by atoms with Crippen molar-refractivity contribution in [2.45, 2.75) is 12.8 Å². The second kappa shape index (κ2) is 7.94. The van der Waals surface area contributed by atoms with Crippen molar-refractivity contribution in [2.75, 3.05) is 12.4 Å². The summed E-state index contributed by atoms with van der Waals surface area (Å²) in [6.45, 7) is 0. The average molecular weight is 353 g/mol. The van der Waals surface area contributed by atoms with Crippen molar-refractivity contribution in [1.82, 2.24) is 4.98 Å². The van der Waals surface area contributed by atoms with Crippen molar-refractivity contribution in [2.24, 2.45) is 0 Å². The first-order chi connectivity index (χ1) is 11.0. The van der Waals surface area contributed by atoms with Crippen LogP contribution in [0, 0.1) is 0 Å². The number of aromatic nitrogens is 1. The van der Waals surface area contributed by atoms with E-state index in [2.05, 4.69) is 15.0 Å². The van der Waals surface area contributed by atoms with Crippen molar-refractivity contribution in [3.63, 3.8) is 0 Å². The highest BCUT2D eigenvalue weighted by atomic mass is 35.5. The number of nitrogens with zero attached hydrogens (tertiary/aromatic N) is 1. The molecule has 0 bridgehead atoms. The molecule has 1 N–H and O–H groups in total. The Kier molecular flexibility index (Phi) is 5.96. The van der Waals surface area contributed by atoms with E-state index < -0.39 is 0 Å². The zero-order valence-corrected chi connectivity index (χ0v) is 13.8. The van der Waals surface area contributed by atoms with E-state index in [0.717, 1.165) is 5.56 Å². The predicted octanol–water partition coefficient (Wildman–Crippen LogP) is 3.75. The van der Waals surface area contributed by atoms with Crippen LogP contribution >= 0.6 is 23.2 Å². The standard InChI is InChI=1S/C16H14Cl2N2O3/c1-23-15(21)7-4-10-2-5-11(6-3-10)20-16(22)12-9-19-14(18)8-13(12)17/h2-3,5-6,8-9H,4,7H2,1H3,(H,20,22). The summed E-state index contributed by atoms with van der Waals surface area (Å²) in [6, 6.07) is 8.58. The van der Waals surface area contributed by atoms with Crippen molar-refractivity contribution in [3.8, 4) is 0 Å². The van der Waals surface area contributed by atoms with Crippen LogP contribution in [0.1, 0.15) is 22.3 Å². The highest BCUT2D eigenvalue weighted by molar-refractivity contribution is 6.36. The molecular weight excluding hydrogens is 339 g/mol. The molecule has 2 rings (SSSR count). The summed E-state index contributed by atoms with van der Waals surface area (Å²) in [5, 5.41) is 3.18. The molecule has 0 aliphatic heterocycles. The minimum Gasteiger partial charge on any atom is -0.469 e. The Labute approximate surface area is 143 Å². The monoisotopic (exact) mass is 352 g/mol. The Hall–Kier alpha value is -2.11. The van der Waals surface area contributed by atoms with Gasteiger partial charge in [-0.15, -0.1) is 0 Å². The molecule has 1 heterocycles. The van der Waals surface area contributed by atoms with E-state index in [4.69, 9.17) is 23.2 Å². The number of nitrogens with one attached hydrogen (secondary N) is 1. The summed E-state index contributed by atoms with van der Waals surface area (Å²) in [5.41, 5.74) is 1.83. The van der Waals surface area contributed by atoms with E-state index in [1.807, 2.05) is 12.1 Å². The molecule has 2 aromatic rings. The number of carbonyl (C=O) groups excluding carboxylic acids is 2. The Morgan fingerprint density at radius 3 is 2.52 bits per heavy atom. The summed E-state index contributed by atoms with van der Waals surface area (Å²) in [5.74, 6) is -0.631. The lowest BCUT2D eigenvalue weighted by molar-refractivity contribution is -0.140. The molecule has 0 spiro atoms. The van der Waals surface area contributed by atoms with Gasteiger partial charge in [-0.25, -0.2) is 4.98 Å². The molecule has 23 heavy (non-hydrogen) atoms. The summed E-state index contributed by atoms with van der Waals surface area (Å²) in [6.07, 6.45) is 2.22. The highest BCUT2D eigenvalue weighted by Crippen LogP contribution is 2.20. The van der Waals surface area contributed by atoms with Gasteiger partial charge in [-0.1, -0.05) is 35.3 Å². The zero-order valence-electron chi connectivity index (χ0n) is 12.3. The maximum atomic E-state index is 12.1. The first kappa shape index (κ1) is 17.2. The highest BCUT2D eigenvalue weighted by Gasteiger charge is 2.12. The van der Waals surface area contributed by atoms with E-state index in [1.54, 1.807) is 12.1 Å². The van der Waals surface area contributed by atoms with Crippen molar-refractivity contribution in [1.29, 1.82) is 0 Å². The van der Waals surface area contributed by atoms with E-state index in [9.17, 15) is 9.59 Å². The molecule has 0 unspecified atom stereocenters. The van der Waals surface area contributed by atoms with Gasteiger partial charge in [-0.2, -0.15) is 0 Å². The number of halogens is 2. The Morgan fingerprint density at radius 1 is 1.22 bits per heavy atom. The van der Waals surface area contributed by atoms with Crippen LogP contribution in [0.4, 0.5) is 5.69 Å². The number of benzene rings is 1. The minimum absolute atomic E-state index is 0.224. The van der Waals surface area contributed by atoms with Crippen LogP contribution in [-0.4, -0.2) is 24.0 Å². The fourth-order valence-corrected chi connectivity index (χ4v) is 2.33. The Bertz CT molecular complexity index is 718. The lowest BCUT2D eigenvalue weighted by Crippen LogP contribution is -2.13. The van der Waals surface area contributed by atoms with Crippen LogP contribution in [0.5, 0.6) is 0 Å². The molecule has 120 valence electrons. The van der Waals surface area contributed by atoms with Gasteiger partial charge in [0.2, 0.25) is 0 Å². The molecule has 1 aromatic heterocycles. The number of hydrogen-bond acceptors (Lipinski definition) is 4. The number of hydrogen-bond donors (Lipinski definition) is 1. The molecule has 0 saturated carbocycles. The second-order valence-corrected chi connectivity index (χ2v) is 5.51. The average Bonchev–Trinajstić information content (AvgIpc) is 2.53. The Balaban J connectivity index is 2.00. The zero-order chi connectivity index (χ0) is 16.8. The van der Waals surface area contributed by atoms with E-state index >= 15 is 0 Å². The molecule has 1 amide bonds.